The molecule has 5 rings (SSSR count). The quantitative estimate of drug-likeness (QED) is 0.383. The van der Waals surface area contributed by atoms with Gasteiger partial charge in [-0.2, -0.15) is 5.10 Å². The van der Waals surface area contributed by atoms with Gasteiger partial charge in [0.2, 0.25) is 0 Å². The van der Waals surface area contributed by atoms with Gasteiger partial charge in [-0.05, 0) is 55.3 Å². The molecule has 0 aliphatic carbocycles. The fourth-order valence-electron chi connectivity index (χ4n) is 5.52. The number of piperidine rings is 1. The number of ether oxygens (including phenoxy) is 1. The lowest BCUT2D eigenvalue weighted by Crippen LogP contribution is -3.13. The number of pyridine rings is 1. The van der Waals surface area contributed by atoms with Crippen LogP contribution in [0.1, 0.15) is 46.4 Å². The van der Waals surface area contributed by atoms with E-state index in [4.69, 9.17) is 16.3 Å². The Hall–Kier alpha value is -3.42. The van der Waals surface area contributed by atoms with Crippen LogP contribution in [0.3, 0.4) is 0 Å². The van der Waals surface area contributed by atoms with Crippen molar-refractivity contribution in [3.63, 3.8) is 0 Å². The van der Waals surface area contributed by atoms with Crippen LogP contribution in [0, 0.1) is 5.92 Å². The van der Waals surface area contributed by atoms with Crippen molar-refractivity contribution in [1.29, 1.82) is 0 Å². The fourth-order valence-corrected chi connectivity index (χ4v) is 5.74. The summed E-state index contributed by atoms with van der Waals surface area (Å²) in [5.41, 5.74) is 6.19. The van der Waals surface area contributed by atoms with E-state index in [0.29, 0.717) is 29.0 Å². The van der Waals surface area contributed by atoms with Crippen LogP contribution in [0.25, 0.3) is 0 Å². The Morgan fingerprint density at radius 1 is 1.19 bits per heavy atom. The molecule has 1 saturated heterocycles. The molecule has 3 aromatic rings. The Labute approximate surface area is 215 Å². The van der Waals surface area contributed by atoms with Crippen LogP contribution in [-0.4, -0.2) is 36.4 Å². The number of amides is 1. The summed E-state index contributed by atoms with van der Waals surface area (Å²) >= 11 is 6.10. The molecule has 2 aromatic carbocycles. The van der Waals surface area contributed by atoms with E-state index < -0.39 is 0 Å². The third-order valence-electron chi connectivity index (χ3n) is 7.00. The molecule has 186 valence electrons. The number of nitrogens with one attached hydrogen (secondary N) is 2. The topological polar surface area (TPSA) is 77.1 Å². The van der Waals surface area contributed by atoms with Gasteiger partial charge < -0.3 is 14.2 Å². The molecule has 1 amide bonds. The van der Waals surface area contributed by atoms with Crippen LogP contribution in [0.5, 0.6) is 5.75 Å². The number of rotatable bonds is 7. The molecule has 2 N–H and O–H groups in total. The van der Waals surface area contributed by atoms with E-state index in [9.17, 15) is 9.59 Å². The summed E-state index contributed by atoms with van der Waals surface area (Å²) in [6.07, 6.45) is 2.78. The molecular weight excluding hydrogens is 476 g/mol. The number of carbonyl (C=O) groups excluding carboxylic acids is 1. The number of likely N-dealkylation sites (tertiary alicyclic amines) is 1. The molecule has 2 aliphatic heterocycles. The van der Waals surface area contributed by atoms with Crippen molar-refractivity contribution in [2.24, 2.45) is 11.0 Å². The normalized spacial score (nSPS) is 20.7. The van der Waals surface area contributed by atoms with Crippen molar-refractivity contribution in [2.75, 3.05) is 19.7 Å². The van der Waals surface area contributed by atoms with Crippen LogP contribution >= 0.6 is 11.6 Å². The number of nitrogens with zero attached hydrogens (tertiary/aromatic N) is 2. The number of quaternary nitrogens is 1. The molecule has 0 spiro atoms. The first-order chi connectivity index (χ1) is 17.5. The Morgan fingerprint density at radius 2 is 2.06 bits per heavy atom. The van der Waals surface area contributed by atoms with E-state index in [1.165, 1.54) is 4.90 Å². The summed E-state index contributed by atoms with van der Waals surface area (Å²) in [6.45, 7) is 6.20. The van der Waals surface area contributed by atoms with Crippen LogP contribution in [0.2, 0.25) is 5.02 Å². The predicted octanol–water partition coefficient (Wildman–Crippen LogP) is 2.87. The summed E-state index contributed by atoms with van der Waals surface area (Å²) in [7, 11) is 0. The Balaban J connectivity index is 1.31. The highest BCUT2D eigenvalue weighted by Gasteiger charge is 2.37. The average molecular weight is 506 g/mol. The maximum absolute atomic E-state index is 12.4. The molecule has 2 bridgehead atoms. The lowest BCUT2D eigenvalue weighted by atomic mass is 9.83. The molecule has 7 nitrogen and oxygen atoms in total. The fraction of sp³-hybridized carbons (Fsp3) is 0.321. The molecule has 36 heavy (non-hydrogen) atoms. The second kappa shape index (κ2) is 10.7. The minimum atomic E-state index is -0.355. The van der Waals surface area contributed by atoms with Crippen molar-refractivity contribution in [3.8, 4) is 5.75 Å². The number of aromatic nitrogens is 1. The largest absolute Gasteiger partial charge is 0.493 e. The monoisotopic (exact) mass is 505 g/mol. The highest BCUT2D eigenvalue weighted by molar-refractivity contribution is 6.33. The predicted molar refractivity (Wildman–Crippen MR) is 140 cm³/mol. The molecule has 3 heterocycles. The van der Waals surface area contributed by atoms with Gasteiger partial charge in [0, 0.05) is 35.7 Å². The highest BCUT2D eigenvalue weighted by Crippen LogP contribution is 2.30. The summed E-state index contributed by atoms with van der Waals surface area (Å²) in [4.78, 5) is 26.2. The molecule has 1 fully saturated rings. The highest BCUT2D eigenvalue weighted by atomic mass is 35.5. The first-order valence-corrected chi connectivity index (χ1v) is 12.8. The Bertz CT molecular complexity index is 1350. The third-order valence-corrected chi connectivity index (χ3v) is 7.33. The maximum atomic E-state index is 12.4. The zero-order chi connectivity index (χ0) is 25.1. The standard InChI is InChI=1S/C28H29ClN4O3/c1-2-36-26-11-10-19(14-30-31-28(35)23-6-3-4-7-24(23)29)12-22(26)18-32-15-20-13-21(17-32)25-8-5-9-27(34)33(25)16-20/h3-12,14,20-21H,2,13,15-18H2,1H3,(H,31,35)/p+1. The van der Waals surface area contributed by atoms with Gasteiger partial charge in [0.05, 0.1) is 36.5 Å². The van der Waals surface area contributed by atoms with Crippen molar-refractivity contribution >= 4 is 23.7 Å². The van der Waals surface area contributed by atoms with Crippen LogP contribution < -0.4 is 20.6 Å². The molecular formula is C28H30ClN4O3+. The third kappa shape index (κ3) is 5.22. The van der Waals surface area contributed by atoms with Gasteiger partial charge in [0.15, 0.2) is 0 Å². The number of hydrogen-bond donors (Lipinski definition) is 2. The number of carbonyl (C=O) groups is 1. The van der Waals surface area contributed by atoms with Crippen LogP contribution in [0.4, 0.5) is 0 Å². The van der Waals surface area contributed by atoms with E-state index in [1.54, 1.807) is 36.5 Å². The van der Waals surface area contributed by atoms with E-state index in [1.807, 2.05) is 29.7 Å². The van der Waals surface area contributed by atoms with Crippen LogP contribution in [0.15, 0.2) is 70.6 Å². The minimum absolute atomic E-state index is 0.109. The van der Waals surface area contributed by atoms with E-state index >= 15 is 0 Å². The van der Waals surface area contributed by atoms with E-state index in [0.717, 1.165) is 55.2 Å². The van der Waals surface area contributed by atoms with Gasteiger partial charge in [0.25, 0.3) is 11.5 Å². The van der Waals surface area contributed by atoms with Crippen molar-refractivity contribution in [3.05, 3.63) is 98.4 Å². The molecule has 3 unspecified atom stereocenters. The summed E-state index contributed by atoms with van der Waals surface area (Å²) in [5.74, 6) is 1.40. The molecule has 3 atom stereocenters. The Kier molecular flexibility index (Phi) is 7.20. The molecule has 8 heteroatoms. The van der Waals surface area contributed by atoms with Gasteiger partial charge in [-0.25, -0.2) is 5.43 Å². The molecule has 0 saturated carbocycles. The van der Waals surface area contributed by atoms with Gasteiger partial charge in [-0.1, -0.05) is 29.8 Å². The summed E-state index contributed by atoms with van der Waals surface area (Å²) in [5, 5.41) is 4.52. The first-order valence-electron chi connectivity index (χ1n) is 12.4. The number of halogens is 1. The van der Waals surface area contributed by atoms with Crippen molar-refractivity contribution < 1.29 is 14.4 Å². The smallest absolute Gasteiger partial charge is 0.272 e. The van der Waals surface area contributed by atoms with Gasteiger partial charge in [0.1, 0.15) is 12.3 Å². The number of hydrazone groups is 1. The van der Waals surface area contributed by atoms with Gasteiger partial charge in [-0.3, -0.25) is 9.59 Å². The maximum Gasteiger partial charge on any atom is 0.272 e. The summed E-state index contributed by atoms with van der Waals surface area (Å²) in [6, 6.07) is 18.5. The number of fused-ring (bicyclic) bond motifs is 4. The second-order valence-corrected chi connectivity index (χ2v) is 9.92. The van der Waals surface area contributed by atoms with Crippen LogP contribution in [-0.2, 0) is 13.1 Å². The Morgan fingerprint density at radius 3 is 2.89 bits per heavy atom. The van der Waals surface area contributed by atoms with Crippen molar-refractivity contribution in [2.45, 2.75) is 32.4 Å². The lowest BCUT2D eigenvalue weighted by Gasteiger charge is -2.40. The SMILES string of the molecule is CCOc1ccc(C=NNC(=O)c2ccccc2Cl)cc1C[NH+]1CC2CC(C1)c1cccc(=O)n1C2. The van der Waals surface area contributed by atoms with Crippen molar-refractivity contribution in [1.82, 2.24) is 9.99 Å². The van der Waals surface area contributed by atoms with E-state index in [2.05, 4.69) is 22.7 Å². The van der Waals surface area contributed by atoms with Gasteiger partial charge in [-0.15, -0.1) is 0 Å². The second-order valence-electron chi connectivity index (χ2n) is 9.51. The zero-order valence-electron chi connectivity index (χ0n) is 20.2. The average Bonchev–Trinajstić information content (AvgIpc) is 2.86. The first kappa shape index (κ1) is 24.3. The molecule has 1 aromatic heterocycles. The number of hydrogen-bond acceptors (Lipinski definition) is 4. The molecule has 2 aliphatic rings. The lowest BCUT2D eigenvalue weighted by molar-refractivity contribution is -0.924. The summed E-state index contributed by atoms with van der Waals surface area (Å²) < 4.78 is 7.89. The van der Waals surface area contributed by atoms with E-state index in [-0.39, 0.29) is 11.5 Å². The number of benzene rings is 2. The zero-order valence-corrected chi connectivity index (χ0v) is 21.0. The minimum Gasteiger partial charge on any atom is -0.493 e. The van der Waals surface area contributed by atoms with Gasteiger partial charge >= 0.3 is 0 Å². The molecule has 0 radical (unpaired) electrons.